The molecule has 6 nitrogen and oxygen atoms in total. The summed E-state index contributed by atoms with van der Waals surface area (Å²) in [6.45, 7) is 2.78. The number of benzene rings is 2. The molecule has 0 aromatic heterocycles. The molecule has 0 aliphatic carbocycles. The van der Waals surface area contributed by atoms with Gasteiger partial charge in [0.05, 0.1) is 18.5 Å². The van der Waals surface area contributed by atoms with E-state index >= 15 is 0 Å². The zero-order chi connectivity index (χ0) is 20.6. The number of para-hydroxylation sites is 1. The molecule has 0 atom stereocenters. The Kier molecular flexibility index (Phi) is 8.14. The molecular formula is C20H25ClN2O4S. The van der Waals surface area contributed by atoms with Crippen LogP contribution in [0.5, 0.6) is 5.75 Å². The van der Waals surface area contributed by atoms with Crippen LogP contribution < -0.4 is 14.4 Å². The molecule has 0 spiro atoms. The maximum absolute atomic E-state index is 12.2. The molecule has 152 valence electrons. The number of aryl methyl sites for hydroxylation is 1. The summed E-state index contributed by atoms with van der Waals surface area (Å²) in [4.78, 5) is 12.0. The molecule has 0 saturated carbocycles. The van der Waals surface area contributed by atoms with Gasteiger partial charge in [0.15, 0.2) is 0 Å². The van der Waals surface area contributed by atoms with Crippen molar-refractivity contribution in [3.05, 3.63) is 59.1 Å². The Hall–Kier alpha value is -2.25. The zero-order valence-corrected chi connectivity index (χ0v) is 17.6. The second-order valence-electron chi connectivity index (χ2n) is 6.38. The number of amides is 1. The van der Waals surface area contributed by atoms with Gasteiger partial charge in [-0.25, -0.2) is 8.42 Å². The first-order valence-corrected chi connectivity index (χ1v) is 11.2. The highest BCUT2D eigenvalue weighted by Crippen LogP contribution is 2.25. The molecule has 8 heteroatoms. The Morgan fingerprint density at radius 1 is 1.18 bits per heavy atom. The van der Waals surface area contributed by atoms with E-state index in [0.717, 1.165) is 17.6 Å². The van der Waals surface area contributed by atoms with E-state index in [-0.39, 0.29) is 18.9 Å². The first-order chi connectivity index (χ1) is 13.3. The Morgan fingerprint density at radius 3 is 2.54 bits per heavy atom. The van der Waals surface area contributed by atoms with E-state index in [0.29, 0.717) is 30.3 Å². The number of carbonyl (C=O) groups is 1. The standard InChI is InChI=1S/C20H25ClN2O4S/c1-16-15-17(21)10-11-19(16)23(28(2,25)26)13-6-9-20(24)22-12-14-27-18-7-4-3-5-8-18/h3-5,7-8,10-11,15H,6,9,12-14H2,1-2H3,(H,22,24). The van der Waals surface area contributed by atoms with E-state index in [9.17, 15) is 13.2 Å². The van der Waals surface area contributed by atoms with Crippen LogP contribution in [0.1, 0.15) is 18.4 Å². The molecule has 0 fully saturated rings. The van der Waals surface area contributed by atoms with Crippen molar-refractivity contribution in [2.24, 2.45) is 0 Å². The van der Waals surface area contributed by atoms with Crippen LogP contribution in [0.3, 0.4) is 0 Å². The van der Waals surface area contributed by atoms with Crippen molar-refractivity contribution < 1.29 is 17.9 Å². The van der Waals surface area contributed by atoms with Crippen LogP contribution in [0.25, 0.3) is 0 Å². The van der Waals surface area contributed by atoms with Crippen molar-refractivity contribution >= 4 is 33.2 Å². The maximum Gasteiger partial charge on any atom is 0.232 e. The lowest BCUT2D eigenvalue weighted by Gasteiger charge is -2.24. The third kappa shape index (κ3) is 7.05. The summed E-state index contributed by atoms with van der Waals surface area (Å²) >= 11 is 5.95. The molecular weight excluding hydrogens is 400 g/mol. The van der Waals surface area contributed by atoms with E-state index < -0.39 is 10.0 Å². The van der Waals surface area contributed by atoms with Gasteiger partial charge in [-0.3, -0.25) is 9.10 Å². The number of anilines is 1. The summed E-state index contributed by atoms with van der Waals surface area (Å²) < 4.78 is 31.2. The predicted octanol–water partition coefficient (Wildman–Crippen LogP) is 3.39. The van der Waals surface area contributed by atoms with Crippen molar-refractivity contribution in [1.29, 1.82) is 0 Å². The summed E-state index contributed by atoms with van der Waals surface area (Å²) in [5.74, 6) is 0.608. The first-order valence-electron chi connectivity index (χ1n) is 8.96. The van der Waals surface area contributed by atoms with E-state index in [2.05, 4.69) is 5.32 Å². The van der Waals surface area contributed by atoms with E-state index in [1.165, 1.54) is 4.31 Å². The molecule has 0 unspecified atom stereocenters. The molecule has 0 aliphatic heterocycles. The number of halogens is 1. The molecule has 0 aliphatic rings. The highest BCUT2D eigenvalue weighted by molar-refractivity contribution is 7.92. The lowest BCUT2D eigenvalue weighted by Crippen LogP contribution is -2.33. The van der Waals surface area contributed by atoms with Crippen molar-refractivity contribution in [1.82, 2.24) is 5.32 Å². The van der Waals surface area contributed by atoms with E-state index in [1.54, 1.807) is 25.1 Å². The monoisotopic (exact) mass is 424 g/mol. The third-order valence-corrected chi connectivity index (χ3v) is 5.44. The number of hydrogen-bond donors (Lipinski definition) is 1. The molecule has 2 aromatic rings. The van der Waals surface area contributed by atoms with Gasteiger partial charge < -0.3 is 10.1 Å². The van der Waals surface area contributed by atoms with Gasteiger partial charge in [0, 0.05) is 18.0 Å². The topological polar surface area (TPSA) is 75.7 Å². The molecule has 28 heavy (non-hydrogen) atoms. The van der Waals surface area contributed by atoms with Crippen LogP contribution in [-0.4, -0.2) is 40.3 Å². The smallest absolute Gasteiger partial charge is 0.232 e. The fourth-order valence-corrected chi connectivity index (χ4v) is 3.96. The molecule has 0 saturated heterocycles. The van der Waals surface area contributed by atoms with Crippen LogP contribution in [0, 0.1) is 6.92 Å². The van der Waals surface area contributed by atoms with Crippen LogP contribution in [0.2, 0.25) is 5.02 Å². The maximum atomic E-state index is 12.2. The van der Waals surface area contributed by atoms with Crippen molar-refractivity contribution in [3.63, 3.8) is 0 Å². The number of ether oxygens (including phenoxy) is 1. The van der Waals surface area contributed by atoms with Crippen molar-refractivity contribution in [3.8, 4) is 5.75 Å². The van der Waals surface area contributed by atoms with Gasteiger partial charge in [-0.05, 0) is 49.2 Å². The second-order valence-corrected chi connectivity index (χ2v) is 8.72. The molecule has 0 heterocycles. The van der Waals surface area contributed by atoms with E-state index in [4.69, 9.17) is 16.3 Å². The normalized spacial score (nSPS) is 11.1. The summed E-state index contributed by atoms with van der Waals surface area (Å²) in [5, 5.41) is 3.32. The van der Waals surface area contributed by atoms with Gasteiger partial charge in [-0.2, -0.15) is 0 Å². The summed E-state index contributed by atoms with van der Waals surface area (Å²) in [6, 6.07) is 14.4. The van der Waals surface area contributed by atoms with Gasteiger partial charge in [0.2, 0.25) is 15.9 Å². The van der Waals surface area contributed by atoms with Crippen molar-refractivity contribution in [2.45, 2.75) is 19.8 Å². The van der Waals surface area contributed by atoms with Crippen molar-refractivity contribution in [2.75, 3.05) is 30.3 Å². The fourth-order valence-electron chi connectivity index (χ4n) is 2.71. The first kappa shape index (κ1) is 22.0. The Labute approximate surface area is 171 Å². The molecule has 0 bridgehead atoms. The zero-order valence-electron chi connectivity index (χ0n) is 16.0. The predicted molar refractivity (Wildman–Crippen MR) is 113 cm³/mol. The Bertz CT molecular complexity index is 888. The number of rotatable bonds is 10. The average Bonchev–Trinajstić information content (AvgIpc) is 2.63. The van der Waals surface area contributed by atoms with Gasteiger partial charge in [0.1, 0.15) is 12.4 Å². The van der Waals surface area contributed by atoms with Crippen LogP contribution in [-0.2, 0) is 14.8 Å². The molecule has 2 rings (SSSR count). The van der Waals surface area contributed by atoms with E-state index in [1.807, 2.05) is 30.3 Å². The average molecular weight is 425 g/mol. The number of carbonyl (C=O) groups excluding carboxylic acids is 1. The molecule has 0 radical (unpaired) electrons. The largest absolute Gasteiger partial charge is 0.492 e. The summed E-state index contributed by atoms with van der Waals surface area (Å²) in [5.41, 5.74) is 1.34. The third-order valence-electron chi connectivity index (χ3n) is 4.03. The highest BCUT2D eigenvalue weighted by atomic mass is 35.5. The molecule has 1 N–H and O–H groups in total. The second kappa shape index (κ2) is 10.3. The Balaban J connectivity index is 1.79. The summed E-state index contributed by atoms with van der Waals surface area (Å²) in [7, 11) is -3.46. The summed E-state index contributed by atoms with van der Waals surface area (Å²) in [6.07, 6.45) is 1.78. The number of hydrogen-bond acceptors (Lipinski definition) is 4. The van der Waals surface area contributed by atoms with Crippen LogP contribution in [0.4, 0.5) is 5.69 Å². The van der Waals surface area contributed by atoms with Gasteiger partial charge in [-0.15, -0.1) is 0 Å². The molecule has 1 amide bonds. The minimum Gasteiger partial charge on any atom is -0.492 e. The van der Waals surface area contributed by atoms with Crippen LogP contribution >= 0.6 is 11.6 Å². The lowest BCUT2D eigenvalue weighted by atomic mass is 10.2. The van der Waals surface area contributed by atoms with Gasteiger partial charge in [0.25, 0.3) is 0 Å². The number of sulfonamides is 1. The fraction of sp³-hybridized carbons (Fsp3) is 0.350. The number of nitrogens with zero attached hydrogens (tertiary/aromatic N) is 1. The molecule has 2 aromatic carbocycles. The lowest BCUT2D eigenvalue weighted by molar-refractivity contribution is -0.121. The van der Waals surface area contributed by atoms with Gasteiger partial charge >= 0.3 is 0 Å². The Morgan fingerprint density at radius 2 is 1.89 bits per heavy atom. The quantitative estimate of drug-likeness (QED) is 0.593. The number of nitrogens with one attached hydrogen (secondary N) is 1. The van der Waals surface area contributed by atoms with Crippen LogP contribution in [0.15, 0.2) is 48.5 Å². The SMILES string of the molecule is Cc1cc(Cl)ccc1N(CCCC(=O)NCCOc1ccccc1)S(C)(=O)=O. The minimum atomic E-state index is -3.46. The highest BCUT2D eigenvalue weighted by Gasteiger charge is 2.19. The van der Waals surface area contributed by atoms with Gasteiger partial charge in [-0.1, -0.05) is 29.8 Å². The minimum absolute atomic E-state index is 0.141.